The Labute approximate surface area is 137 Å². The minimum atomic E-state index is -1.68. The van der Waals surface area contributed by atoms with E-state index in [1.807, 2.05) is 0 Å². The van der Waals surface area contributed by atoms with Crippen LogP contribution in [-0.2, 0) is 14.2 Å². The molecule has 0 aliphatic carbocycles. The summed E-state index contributed by atoms with van der Waals surface area (Å²) in [7, 11) is 0. The molecule has 0 saturated carbocycles. The van der Waals surface area contributed by atoms with Crippen molar-refractivity contribution in [2.24, 2.45) is 0 Å². The van der Waals surface area contributed by atoms with Crippen molar-refractivity contribution in [3.8, 4) is 0 Å². The highest BCUT2D eigenvalue weighted by atomic mass is 32.1. The van der Waals surface area contributed by atoms with Crippen LogP contribution in [0.2, 0.25) is 0 Å². The normalized spacial score (nSPS) is 51.7. The van der Waals surface area contributed by atoms with E-state index >= 15 is 0 Å². The molecule has 10 atom stereocenters. The van der Waals surface area contributed by atoms with E-state index in [0.717, 1.165) is 0 Å². The van der Waals surface area contributed by atoms with Crippen molar-refractivity contribution in [1.29, 1.82) is 0 Å². The molecule has 2 saturated heterocycles. The van der Waals surface area contributed by atoms with E-state index in [1.165, 1.54) is 0 Å². The summed E-state index contributed by atoms with van der Waals surface area (Å²) in [5, 5.41) is 67.6. The number of hydrogen-bond acceptors (Lipinski definition) is 11. The van der Waals surface area contributed by atoms with Crippen LogP contribution < -0.4 is 0 Å². The second-order valence-electron chi connectivity index (χ2n) is 5.53. The van der Waals surface area contributed by atoms with Gasteiger partial charge in [0.2, 0.25) is 0 Å². The molecule has 2 fully saturated rings. The predicted molar refractivity (Wildman–Crippen MR) is 75.4 cm³/mol. The molecule has 2 aliphatic heterocycles. The maximum atomic E-state index is 10.1. The molecule has 0 unspecified atom stereocenters. The Morgan fingerprint density at radius 3 is 1.91 bits per heavy atom. The van der Waals surface area contributed by atoms with Crippen LogP contribution in [0.5, 0.6) is 0 Å². The first-order valence-corrected chi connectivity index (χ1v) is 7.60. The van der Waals surface area contributed by atoms with Gasteiger partial charge in [0.1, 0.15) is 54.3 Å². The van der Waals surface area contributed by atoms with Crippen LogP contribution in [0, 0.1) is 0 Å². The largest absolute Gasteiger partial charge is 0.394 e. The first kappa shape index (κ1) is 19.3. The van der Waals surface area contributed by atoms with Crippen LogP contribution in [0.3, 0.4) is 0 Å². The van der Waals surface area contributed by atoms with E-state index in [1.54, 1.807) is 0 Å². The number of ether oxygens (including phenoxy) is 3. The first-order valence-electron chi connectivity index (χ1n) is 7.08. The van der Waals surface area contributed by atoms with Gasteiger partial charge < -0.3 is 50.0 Å². The molecular weight excluding hydrogens is 336 g/mol. The highest BCUT2D eigenvalue weighted by Gasteiger charge is 2.49. The second-order valence-corrected chi connectivity index (χ2v) is 6.04. The van der Waals surface area contributed by atoms with E-state index in [0.29, 0.717) is 0 Å². The molecule has 0 aromatic carbocycles. The van der Waals surface area contributed by atoms with Gasteiger partial charge in [0.05, 0.1) is 13.2 Å². The fraction of sp³-hybridized carbons (Fsp3) is 1.00. The summed E-state index contributed by atoms with van der Waals surface area (Å²) in [4.78, 5) is 0. The minimum Gasteiger partial charge on any atom is -0.394 e. The van der Waals surface area contributed by atoms with E-state index in [4.69, 9.17) is 19.3 Å². The van der Waals surface area contributed by atoms with Gasteiger partial charge in [0.25, 0.3) is 0 Å². The van der Waals surface area contributed by atoms with Crippen LogP contribution in [0.15, 0.2) is 0 Å². The highest BCUT2D eigenvalue weighted by molar-refractivity contribution is 7.80. The van der Waals surface area contributed by atoms with Crippen LogP contribution in [0.1, 0.15) is 0 Å². The lowest BCUT2D eigenvalue weighted by Gasteiger charge is -2.45. The first-order chi connectivity index (χ1) is 10.8. The zero-order valence-corrected chi connectivity index (χ0v) is 12.9. The van der Waals surface area contributed by atoms with Crippen molar-refractivity contribution < 1.29 is 50.0 Å². The molecular formula is C12H22O10S. The molecule has 2 heterocycles. The second kappa shape index (κ2) is 7.89. The molecule has 0 bridgehead atoms. The fourth-order valence-electron chi connectivity index (χ4n) is 2.57. The lowest BCUT2D eigenvalue weighted by molar-refractivity contribution is -0.338. The molecule has 11 heteroatoms. The van der Waals surface area contributed by atoms with Gasteiger partial charge in [0, 0.05) is 0 Å². The summed E-state index contributed by atoms with van der Waals surface area (Å²) in [6.45, 7) is -1.21. The molecule has 0 amide bonds. The highest BCUT2D eigenvalue weighted by Crippen LogP contribution is 2.29. The Hall–Kier alpha value is -0.0500. The van der Waals surface area contributed by atoms with Crippen LogP contribution in [0.4, 0.5) is 0 Å². The SMILES string of the molecule is OC[C@H]1O[C@@H](O[C@H]2[C@H](O)[C@@H](O)[C@H](S)O[C@@H]2CO)[C@H](O)[C@@H](O)[C@@H]1O. The van der Waals surface area contributed by atoms with Crippen molar-refractivity contribution in [3.63, 3.8) is 0 Å². The molecule has 2 aliphatic rings. The summed E-state index contributed by atoms with van der Waals surface area (Å²) in [5.41, 5.74) is -1.04. The molecule has 0 aromatic heterocycles. The standard InChI is InChI=1S/C12H22O10S/c13-1-3-5(15)6(16)8(18)11(20-3)22-10-4(2-14)21-12(23)9(19)7(10)17/h3-19,23H,1-2H2/t3-,4-,5-,6+,7-,8-,9-,10-,11+,12+/m1/s1. The zero-order chi connectivity index (χ0) is 17.3. The van der Waals surface area contributed by atoms with Crippen molar-refractivity contribution in [2.45, 2.75) is 60.6 Å². The third-order valence-corrected chi connectivity index (χ3v) is 4.41. The fourth-order valence-corrected chi connectivity index (χ4v) is 2.90. The van der Waals surface area contributed by atoms with Crippen molar-refractivity contribution >= 4 is 12.6 Å². The number of aliphatic hydroxyl groups excluding tert-OH is 7. The Bertz CT molecular complexity index is 383. The Morgan fingerprint density at radius 2 is 1.35 bits per heavy atom. The molecule has 10 nitrogen and oxygen atoms in total. The van der Waals surface area contributed by atoms with E-state index < -0.39 is 73.8 Å². The summed E-state index contributed by atoms with van der Waals surface area (Å²) >= 11 is 3.92. The van der Waals surface area contributed by atoms with Gasteiger partial charge in [-0.25, -0.2) is 0 Å². The molecule has 2 rings (SSSR count). The number of aliphatic hydroxyl groups is 7. The monoisotopic (exact) mass is 358 g/mol. The lowest BCUT2D eigenvalue weighted by atomic mass is 9.97. The molecule has 0 radical (unpaired) electrons. The topological polar surface area (TPSA) is 169 Å². The van der Waals surface area contributed by atoms with Gasteiger partial charge in [-0.1, -0.05) is 0 Å². The number of rotatable bonds is 4. The van der Waals surface area contributed by atoms with Crippen molar-refractivity contribution in [3.05, 3.63) is 0 Å². The maximum absolute atomic E-state index is 10.1. The quantitative estimate of drug-likeness (QED) is 0.229. The molecule has 7 N–H and O–H groups in total. The van der Waals surface area contributed by atoms with Crippen molar-refractivity contribution in [1.82, 2.24) is 0 Å². The Balaban J connectivity index is 2.11. The zero-order valence-electron chi connectivity index (χ0n) is 12.0. The van der Waals surface area contributed by atoms with Gasteiger partial charge >= 0.3 is 0 Å². The van der Waals surface area contributed by atoms with E-state index in [2.05, 4.69) is 12.6 Å². The predicted octanol–water partition coefficient (Wildman–Crippen LogP) is -4.46. The average Bonchev–Trinajstić information content (AvgIpc) is 2.55. The van der Waals surface area contributed by atoms with Gasteiger partial charge in [0.15, 0.2) is 6.29 Å². The van der Waals surface area contributed by atoms with E-state index in [-0.39, 0.29) is 0 Å². The molecule has 136 valence electrons. The Morgan fingerprint density at radius 1 is 0.739 bits per heavy atom. The van der Waals surface area contributed by atoms with Gasteiger partial charge in [-0.05, 0) is 0 Å². The van der Waals surface area contributed by atoms with Gasteiger partial charge in [-0.3, -0.25) is 0 Å². The number of hydrogen-bond donors (Lipinski definition) is 8. The lowest BCUT2D eigenvalue weighted by Crippen LogP contribution is -2.63. The van der Waals surface area contributed by atoms with Gasteiger partial charge in [-0.15, -0.1) is 12.6 Å². The summed E-state index contributed by atoms with van der Waals surface area (Å²) in [6.07, 6.45) is -12.9. The third kappa shape index (κ3) is 3.80. The molecule has 0 spiro atoms. The van der Waals surface area contributed by atoms with Crippen molar-refractivity contribution in [2.75, 3.05) is 13.2 Å². The third-order valence-electron chi connectivity index (χ3n) is 3.98. The van der Waals surface area contributed by atoms with Crippen LogP contribution in [-0.4, -0.2) is 110 Å². The maximum Gasteiger partial charge on any atom is 0.187 e. The summed E-state index contributed by atoms with van der Waals surface area (Å²) < 4.78 is 15.7. The molecule has 0 aromatic rings. The van der Waals surface area contributed by atoms with E-state index in [9.17, 15) is 30.6 Å². The minimum absolute atomic E-state index is 0.567. The van der Waals surface area contributed by atoms with Gasteiger partial charge in [-0.2, -0.15) is 0 Å². The summed E-state index contributed by atoms with van der Waals surface area (Å²) in [6, 6.07) is 0. The van der Waals surface area contributed by atoms with Crippen LogP contribution in [0.25, 0.3) is 0 Å². The smallest absolute Gasteiger partial charge is 0.187 e. The summed E-state index contributed by atoms with van der Waals surface area (Å²) in [5.74, 6) is 0. The average molecular weight is 358 g/mol. The Kier molecular flexibility index (Phi) is 6.61. The van der Waals surface area contributed by atoms with Crippen LogP contribution >= 0.6 is 12.6 Å². The number of thiol groups is 1. The molecule has 23 heavy (non-hydrogen) atoms.